The number of aromatic nitrogens is 1. The second kappa shape index (κ2) is 6.65. The van der Waals surface area contributed by atoms with Gasteiger partial charge in [-0.15, -0.1) is 0 Å². The van der Waals surface area contributed by atoms with E-state index in [2.05, 4.69) is 20.9 Å². The van der Waals surface area contributed by atoms with Crippen molar-refractivity contribution >= 4 is 25.8 Å². The van der Waals surface area contributed by atoms with Gasteiger partial charge >= 0.3 is 0 Å². The van der Waals surface area contributed by atoms with E-state index in [0.29, 0.717) is 17.4 Å². The summed E-state index contributed by atoms with van der Waals surface area (Å²) in [6.45, 7) is 4.00. The first-order chi connectivity index (χ1) is 9.88. The molecule has 1 aliphatic heterocycles. The maximum Gasteiger partial charge on any atom is 0.150 e. The lowest BCUT2D eigenvalue weighted by Crippen LogP contribution is -2.21. The van der Waals surface area contributed by atoms with Gasteiger partial charge in [0, 0.05) is 28.3 Å². The lowest BCUT2D eigenvalue weighted by molar-refractivity contribution is 0.390. The number of halogens is 1. The minimum Gasteiger partial charge on any atom is -0.496 e. The molecular formula is C15H22BrNO3S. The highest BCUT2D eigenvalue weighted by Crippen LogP contribution is 2.32. The Hall–Kier alpha value is -0.620. The highest BCUT2D eigenvalue weighted by Gasteiger charge is 2.33. The van der Waals surface area contributed by atoms with Crippen molar-refractivity contribution in [1.29, 1.82) is 0 Å². The normalized spacial score (nSPS) is 22.2. The Labute approximate surface area is 135 Å². The van der Waals surface area contributed by atoms with Gasteiger partial charge < -0.3 is 4.74 Å². The molecule has 0 amide bonds. The summed E-state index contributed by atoms with van der Waals surface area (Å²) < 4.78 is 28.8. The van der Waals surface area contributed by atoms with E-state index in [1.165, 1.54) is 0 Å². The number of sulfone groups is 1. The molecular weight excluding hydrogens is 354 g/mol. The van der Waals surface area contributed by atoms with Crippen molar-refractivity contribution in [2.24, 2.45) is 11.8 Å². The van der Waals surface area contributed by atoms with Crippen LogP contribution in [0, 0.1) is 25.7 Å². The van der Waals surface area contributed by atoms with Crippen LogP contribution in [0.3, 0.4) is 0 Å². The van der Waals surface area contributed by atoms with Crippen LogP contribution in [0.4, 0.5) is 0 Å². The molecule has 2 heterocycles. The summed E-state index contributed by atoms with van der Waals surface area (Å²) in [6.07, 6.45) is 3.38. The summed E-state index contributed by atoms with van der Waals surface area (Å²) in [5.74, 6) is 2.03. The number of pyridine rings is 1. The standard InChI is InChI=1S/C15H22BrNO3S/c1-10-8-17-14(11(2)15(10)20-3)6-13(7-16)12-4-5-21(18,19)9-12/h8,12-13H,4-7,9H2,1-3H3. The molecule has 2 atom stereocenters. The van der Waals surface area contributed by atoms with Crippen LogP contribution in [0.2, 0.25) is 0 Å². The third-order valence-corrected chi connectivity index (χ3v) is 6.96. The number of rotatable bonds is 5. The molecule has 1 fully saturated rings. The van der Waals surface area contributed by atoms with Crippen LogP contribution < -0.4 is 4.74 Å². The van der Waals surface area contributed by atoms with Gasteiger partial charge in [0.15, 0.2) is 9.84 Å². The Morgan fingerprint density at radius 1 is 1.48 bits per heavy atom. The molecule has 2 rings (SSSR count). The molecule has 21 heavy (non-hydrogen) atoms. The molecule has 0 aliphatic carbocycles. The Bertz CT molecular complexity index is 616. The van der Waals surface area contributed by atoms with E-state index < -0.39 is 9.84 Å². The zero-order valence-corrected chi connectivity index (χ0v) is 15.1. The van der Waals surface area contributed by atoms with Crippen molar-refractivity contribution in [3.63, 3.8) is 0 Å². The van der Waals surface area contributed by atoms with Gasteiger partial charge in [-0.1, -0.05) is 15.9 Å². The fourth-order valence-electron chi connectivity index (χ4n) is 3.07. The van der Waals surface area contributed by atoms with Crippen molar-refractivity contribution in [2.75, 3.05) is 23.9 Å². The van der Waals surface area contributed by atoms with E-state index in [4.69, 9.17) is 4.74 Å². The Morgan fingerprint density at radius 2 is 2.19 bits per heavy atom. The molecule has 0 bridgehead atoms. The number of hydrogen-bond donors (Lipinski definition) is 0. The summed E-state index contributed by atoms with van der Waals surface area (Å²) in [5, 5.41) is 0.796. The van der Waals surface area contributed by atoms with Crippen molar-refractivity contribution in [1.82, 2.24) is 4.98 Å². The van der Waals surface area contributed by atoms with Crippen LogP contribution in [0.25, 0.3) is 0 Å². The summed E-state index contributed by atoms with van der Waals surface area (Å²) in [6, 6.07) is 0. The van der Waals surface area contributed by atoms with Crippen LogP contribution >= 0.6 is 15.9 Å². The molecule has 118 valence electrons. The molecule has 0 aromatic carbocycles. The second-order valence-electron chi connectivity index (χ2n) is 5.83. The first-order valence-corrected chi connectivity index (χ1v) is 10.1. The van der Waals surface area contributed by atoms with Crippen molar-refractivity contribution in [3.8, 4) is 5.75 Å². The average Bonchev–Trinajstić information content (AvgIpc) is 2.79. The van der Waals surface area contributed by atoms with E-state index in [0.717, 1.165) is 40.7 Å². The third-order valence-electron chi connectivity index (χ3n) is 4.34. The van der Waals surface area contributed by atoms with Gasteiger partial charge in [-0.3, -0.25) is 4.98 Å². The van der Waals surface area contributed by atoms with Gasteiger partial charge in [0.05, 0.1) is 18.6 Å². The number of ether oxygens (including phenoxy) is 1. The SMILES string of the molecule is COc1c(C)cnc(CC(CBr)C2CCS(=O)(=O)C2)c1C. The molecule has 2 unspecified atom stereocenters. The smallest absolute Gasteiger partial charge is 0.150 e. The summed E-state index contributed by atoms with van der Waals surface area (Å²) in [5.41, 5.74) is 3.09. The van der Waals surface area contributed by atoms with Crippen LogP contribution in [-0.4, -0.2) is 37.3 Å². The van der Waals surface area contributed by atoms with Crippen molar-refractivity contribution < 1.29 is 13.2 Å². The quantitative estimate of drug-likeness (QED) is 0.742. The molecule has 1 aromatic heterocycles. The van der Waals surface area contributed by atoms with Crippen LogP contribution in [-0.2, 0) is 16.3 Å². The first kappa shape index (κ1) is 16.7. The monoisotopic (exact) mass is 375 g/mol. The summed E-state index contributed by atoms with van der Waals surface area (Å²) in [7, 11) is -1.17. The molecule has 1 saturated heterocycles. The summed E-state index contributed by atoms with van der Waals surface area (Å²) >= 11 is 3.54. The van der Waals surface area contributed by atoms with E-state index >= 15 is 0 Å². The van der Waals surface area contributed by atoms with E-state index in [1.54, 1.807) is 7.11 Å². The zero-order valence-electron chi connectivity index (χ0n) is 12.7. The fourth-order valence-corrected chi connectivity index (χ4v) is 5.75. The minimum absolute atomic E-state index is 0.225. The van der Waals surface area contributed by atoms with Gasteiger partial charge in [-0.25, -0.2) is 8.42 Å². The Kier molecular flexibility index (Phi) is 5.30. The molecule has 0 N–H and O–H groups in total. The topological polar surface area (TPSA) is 56.3 Å². The number of aryl methyl sites for hydroxylation is 1. The highest BCUT2D eigenvalue weighted by molar-refractivity contribution is 9.09. The van der Waals surface area contributed by atoms with Crippen LogP contribution in [0.5, 0.6) is 5.75 Å². The van der Waals surface area contributed by atoms with Gasteiger partial charge in [0.2, 0.25) is 0 Å². The molecule has 0 saturated carbocycles. The second-order valence-corrected chi connectivity index (χ2v) is 8.70. The van der Waals surface area contributed by atoms with Crippen LogP contribution in [0.15, 0.2) is 6.20 Å². The van der Waals surface area contributed by atoms with Crippen molar-refractivity contribution in [3.05, 3.63) is 23.0 Å². The maximum atomic E-state index is 11.7. The first-order valence-electron chi connectivity index (χ1n) is 7.13. The van der Waals surface area contributed by atoms with Gasteiger partial charge in [-0.2, -0.15) is 0 Å². The predicted octanol–water partition coefficient (Wildman–Crippen LogP) is 2.70. The lowest BCUT2D eigenvalue weighted by atomic mass is 9.88. The molecule has 1 aliphatic rings. The third kappa shape index (κ3) is 3.77. The highest BCUT2D eigenvalue weighted by atomic mass is 79.9. The van der Waals surface area contributed by atoms with Gasteiger partial charge in [0.1, 0.15) is 5.75 Å². The molecule has 4 nitrogen and oxygen atoms in total. The maximum absolute atomic E-state index is 11.7. The minimum atomic E-state index is -2.84. The van der Waals surface area contributed by atoms with E-state index in [1.807, 2.05) is 20.0 Å². The lowest BCUT2D eigenvalue weighted by Gasteiger charge is -2.21. The number of nitrogens with zero attached hydrogens (tertiary/aromatic N) is 1. The number of methoxy groups -OCH3 is 1. The van der Waals surface area contributed by atoms with Crippen molar-refractivity contribution in [2.45, 2.75) is 26.7 Å². The zero-order chi connectivity index (χ0) is 15.6. The number of alkyl halides is 1. The van der Waals surface area contributed by atoms with E-state index in [9.17, 15) is 8.42 Å². The fraction of sp³-hybridized carbons (Fsp3) is 0.667. The molecule has 0 radical (unpaired) electrons. The predicted molar refractivity (Wildman–Crippen MR) is 88.0 cm³/mol. The largest absolute Gasteiger partial charge is 0.496 e. The van der Waals surface area contributed by atoms with Gasteiger partial charge in [-0.05, 0) is 38.5 Å². The van der Waals surface area contributed by atoms with Crippen LogP contribution in [0.1, 0.15) is 23.2 Å². The Morgan fingerprint density at radius 3 is 2.71 bits per heavy atom. The Balaban J connectivity index is 2.20. The number of hydrogen-bond acceptors (Lipinski definition) is 4. The molecule has 0 spiro atoms. The van der Waals surface area contributed by atoms with Gasteiger partial charge in [0.25, 0.3) is 0 Å². The average molecular weight is 376 g/mol. The molecule has 6 heteroatoms. The summed E-state index contributed by atoms with van der Waals surface area (Å²) in [4.78, 5) is 4.53. The molecule has 1 aromatic rings. The van der Waals surface area contributed by atoms with E-state index in [-0.39, 0.29) is 5.92 Å².